The van der Waals surface area contributed by atoms with Crippen LogP contribution in [0.3, 0.4) is 0 Å². The summed E-state index contributed by atoms with van der Waals surface area (Å²) in [5.74, 6) is 0. The van der Waals surface area contributed by atoms with Crippen molar-refractivity contribution in [1.29, 1.82) is 0 Å². The van der Waals surface area contributed by atoms with Crippen LogP contribution in [0.25, 0.3) is 16.6 Å². The van der Waals surface area contributed by atoms with Crippen LogP contribution in [0.2, 0.25) is 0 Å². The van der Waals surface area contributed by atoms with Gasteiger partial charge in [0.05, 0.1) is 17.1 Å². The van der Waals surface area contributed by atoms with Crippen molar-refractivity contribution in [3.63, 3.8) is 0 Å². The largest absolute Gasteiger partial charge is 0.328 e. The third-order valence-electron chi connectivity index (χ3n) is 2.55. The molecule has 3 heterocycles. The molecule has 15 heavy (non-hydrogen) atoms. The first-order chi connectivity index (χ1) is 7.29. The molecule has 0 spiro atoms. The van der Waals surface area contributed by atoms with Crippen LogP contribution >= 0.6 is 0 Å². The summed E-state index contributed by atoms with van der Waals surface area (Å²) in [6.07, 6.45) is 4.86. The highest BCUT2D eigenvalue weighted by molar-refractivity contribution is 5.79. The van der Waals surface area contributed by atoms with Gasteiger partial charge in [0.25, 0.3) is 5.56 Å². The lowest BCUT2D eigenvalue weighted by Crippen LogP contribution is -2.18. The first-order valence-corrected chi connectivity index (χ1v) is 4.55. The quantitative estimate of drug-likeness (QED) is 0.533. The van der Waals surface area contributed by atoms with Crippen molar-refractivity contribution in [3.05, 3.63) is 41.1 Å². The maximum Gasteiger partial charge on any atom is 0.283 e. The number of aromatic nitrogens is 4. The second kappa shape index (κ2) is 2.66. The lowest BCUT2D eigenvalue weighted by molar-refractivity contribution is 0.855. The molecule has 3 rings (SSSR count). The average Bonchev–Trinajstić information content (AvgIpc) is 2.75. The molecule has 0 fully saturated rings. The van der Waals surface area contributed by atoms with Crippen LogP contribution in [-0.2, 0) is 7.05 Å². The fourth-order valence-electron chi connectivity index (χ4n) is 1.79. The monoisotopic (exact) mass is 200 g/mol. The number of hydrogen-bond donors (Lipinski definition) is 0. The summed E-state index contributed by atoms with van der Waals surface area (Å²) in [6, 6.07) is 3.63. The smallest absolute Gasteiger partial charge is 0.283 e. The van der Waals surface area contributed by atoms with E-state index in [1.165, 1.54) is 4.52 Å². The van der Waals surface area contributed by atoms with Crippen molar-refractivity contribution in [2.75, 3.05) is 0 Å². The molecule has 0 atom stereocenters. The van der Waals surface area contributed by atoms with Crippen LogP contribution < -0.4 is 5.56 Å². The molecule has 0 aliphatic heterocycles. The number of pyridine rings is 1. The van der Waals surface area contributed by atoms with Crippen molar-refractivity contribution in [2.24, 2.45) is 7.05 Å². The van der Waals surface area contributed by atoms with Gasteiger partial charge in [0.15, 0.2) is 0 Å². The Hall–Kier alpha value is -2.17. The molecule has 0 amide bonds. The molecule has 74 valence electrons. The second-order valence-electron chi connectivity index (χ2n) is 3.36. The summed E-state index contributed by atoms with van der Waals surface area (Å²) in [5, 5.41) is 4.56. The predicted molar refractivity (Wildman–Crippen MR) is 55.7 cm³/mol. The summed E-state index contributed by atoms with van der Waals surface area (Å²) in [7, 11) is 1.90. The summed E-state index contributed by atoms with van der Waals surface area (Å²) in [5.41, 5.74) is 1.51. The van der Waals surface area contributed by atoms with E-state index in [4.69, 9.17) is 0 Å². The third kappa shape index (κ3) is 0.942. The highest BCUT2D eigenvalue weighted by atomic mass is 16.1. The van der Waals surface area contributed by atoms with Crippen LogP contribution in [-0.4, -0.2) is 19.2 Å². The fourth-order valence-corrected chi connectivity index (χ4v) is 1.79. The van der Waals surface area contributed by atoms with Gasteiger partial charge in [-0.2, -0.15) is 9.61 Å². The van der Waals surface area contributed by atoms with E-state index in [9.17, 15) is 4.79 Å². The second-order valence-corrected chi connectivity index (χ2v) is 3.36. The minimum atomic E-state index is -0.129. The molecule has 0 unspecified atom stereocenters. The number of fused-ring (bicyclic) bond motifs is 2. The van der Waals surface area contributed by atoms with Gasteiger partial charge in [-0.05, 0) is 6.07 Å². The van der Waals surface area contributed by atoms with Gasteiger partial charge in [0, 0.05) is 25.5 Å². The molecule has 0 N–H and O–H groups in total. The Morgan fingerprint density at radius 2 is 2.13 bits per heavy atom. The van der Waals surface area contributed by atoms with Crippen molar-refractivity contribution >= 4 is 16.6 Å². The summed E-state index contributed by atoms with van der Waals surface area (Å²) in [4.78, 5) is 15.9. The van der Waals surface area contributed by atoms with E-state index < -0.39 is 0 Å². The molecule has 5 heteroatoms. The fraction of sp³-hybridized carbons (Fsp3) is 0.100. The van der Waals surface area contributed by atoms with Gasteiger partial charge in [-0.15, -0.1) is 0 Å². The van der Waals surface area contributed by atoms with Gasteiger partial charge in [0.1, 0.15) is 5.65 Å². The topological polar surface area (TPSA) is 52.2 Å². The molecule has 3 aromatic rings. The van der Waals surface area contributed by atoms with Crippen molar-refractivity contribution < 1.29 is 0 Å². The van der Waals surface area contributed by atoms with Crippen LogP contribution in [0.5, 0.6) is 0 Å². The Labute approximate surface area is 84.6 Å². The number of nitrogens with zero attached hydrogens (tertiary/aromatic N) is 4. The Bertz CT molecular complexity index is 710. The van der Waals surface area contributed by atoms with Gasteiger partial charge in [0.2, 0.25) is 0 Å². The van der Waals surface area contributed by atoms with E-state index >= 15 is 0 Å². The Balaban J connectivity index is 2.76. The lowest BCUT2D eigenvalue weighted by atomic mass is 10.3. The summed E-state index contributed by atoms with van der Waals surface area (Å²) < 4.78 is 3.30. The van der Waals surface area contributed by atoms with Crippen molar-refractivity contribution in [3.8, 4) is 0 Å². The standard InChI is InChI=1S/C10H8N4O/c1-13-8-2-4-11-6-7(8)10(15)14-9(13)3-5-12-14/h2-6H,1H3. The maximum absolute atomic E-state index is 11.9. The van der Waals surface area contributed by atoms with Crippen molar-refractivity contribution in [2.45, 2.75) is 0 Å². The molecule has 0 bridgehead atoms. The summed E-state index contributed by atoms with van der Waals surface area (Å²) in [6.45, 7) is 0. The third-order valence-corrected chi connectivity index (χ3v) is 2.55. The first kappa shape index (κ1) is 8.16. The Kier molecular flexibility index (Phi) is 1.45. The first-order valence-electron chi connectivity index (χ1n) is 4.55. The normalized spacial score (nSPS) is 11.3. The molecule has 0 radical (unpaired) electrons. The van der Waals surface area contributed by atoms with Crippen LogP contribution in [0.1, 0.15) is 0 Å². The maximum atomic E-state index is 11.9. The zero-order chi connectivity index (χ0) is 10.4. The van der Waals surface area contributed by atoms with Gasteiger partial charge >= 0.3 is 0 Å². The van der Waals surface area contributed by atoms with Crippen LogP contribution in [0, 0.1) is 0 Å². The van der Waals surface area contributed by atoms with E-state index in [-0.39, 0.29) is 5.56 Å². The molecule has 0 saturated heterocycles. The zero-order valence-corrected chi connectivity index (χ0v) is 8.08. The number of aryl methyl sites for hydroxylation is 1. The molecule has 0 saturated carbocycles. The highest BCUT2D eigenvalue weighted by Crippen LogP contribution is 2.10. The molecule has 0 aliphatic rings. The number of rotatable bonds is 0. The molecule has 3 aromatic heterocycles. The SMILES string of the molecule is Cn1c2ccncc2c(=O)n2nccc12. The Morgan fingerprint density at radius 3 is 3.00 bits per heavy atom. The Morgan fingerprint density at radius 1 is 1.27 bits per heavy atom. The molecule has 5 nitrogen and oxygen atoms in total. The van der Waals surface area contributed by atoms with E-state index in [2.05, 4.69) is 10.1 Å². The van der Waals surface area contributed by atoms with Gasteiger partial charge < -0.3 is 4.57 Å². The zero-order valence-electron chi connectivity index (χ0n) is 8.08. The molecule has 0 aromatic carbocycles. The van der Waals surface area contributed by atoms with Gasteiger partial charge in [-0.1, -0.05) is 0 Å². The highest BCUT2D eigenvalue weighted by Gasteiger charge is 2.07. The number of hydrogen-bond acceptors (Lipinski definition) is 3. The van der Waals surface area contributed by atoms with Gasteiger partial charge in [-0.25, -0.2) is 0 Å². The summed E-state index contributed by atoms with van der Waals surface area (Å²) >= 11 is 0. The van der Waals surface area contributed by atoms with Gasteiger partial charge in [-0.3, -0.25) is 9.78 Å². The van der Waals surface area contributed by atoms with E-state index in [1.54, 1.807) is 24.7 Å². The predicted octanol–water partition coefficient (Wildman–Crippen LogP) is 0.581. The van der Waals surface area contributed by atoms with Crippen LogP contribution in [0.4, 0.5) is 0 Å². The molecular weight excluding hydrogens is 192 g/mol. The minimum absolute atomic E-state index is 0.129. The molecular formula is C10H8N4O. The van der Waals surface area contributed by atoms with E-state index in [1.807, 2.05) is 17.7 Å². The average molecular weight is 200 g/mol. The van der Waals surface area contributed by atoms with E-state index in [0.29, 0.717) is 5.39 Å². The lowest BCUT2D eigenvalue weighted by Gasteiger charge is -2.06. The van der Waals surface area contributed by atoms with Crippen molar-refractivity contribution in [1.82, 2.24) is 19.2 Å². The van der Waals surface area contributed by atoms with E-state index in [0.717, 1.165) is 11.2 Å². The van der Waals surface area contributed by atoms with Crippen LogP contribution in [0.15, 0.2) is 35.5 Å². The molecule has 0 aliphatic carbocycles. The minimum Gasteiger partial charge on any atom is -0.328 e.